The predicted octanol–water partition coefficient (Wildman–Crippen LogP) is 0.545. The molecule has 0 aliphatic heterocycles. The van der Waals surface area contributed by atoms with Crippen LogP contribution >= 0.6 is 0 Å². The molecule has 76 valence electrons. The van der Waals surface area contributed by atoms with Crippen LogP contribution < -0.4 is 5.32 Å². The molecule has 0 spiro atoms. The van der Waals surface area contributed by atoms with Crippen molar-refractivity contribution < 1.29 is 14.7 Å². The number of nitrogens with one attached hydrogen (secondary N) is 1. The fraction of sp³-hybridized carbons (Fsp3) is 0.400. The van der Waals surface area contributed by atoms with E-state index in [0.717, 1.165) is 18.6 Å². The number of carbonyl (C=O) groups is 2. The molecule has 1 amide bonds. The van der Waals surface area contributed by atoms with Crippen molar-refractivity contribution in [1.82, 2.24) is 5.32 Å². The van der Waals surface area contributed by atoms with Crippen LogP contribution in [0, 0.1) is 12.3 Å². The zero-order valence-electron chi connectivity index (χ0n) is 7.99. The van der Waals surface area contributed by atoms with Crippen LogP contribution in [-0.4, -0.2) is 23.0 Å². The molecule has 0 bridgehead atoms. The van der Waals surface area contributed by atoms with Gasteiger partial charge in [-0.2, -0.15) is 0 Å². The first-order chi connectivity index (χ1) is 6.60. The molecule has 0 fully saturated rings. The average Bonchev–Trinajstić information content (AvgIpc) is 2.14. The smallest absolute Gasteiger partial charge is 0.328 e. The summed E-state index contributed by atoms with van der Waals surface area (Å²) in [5.41, 5.74) is 0. The molecule has 0 radical (unpaired) electrons. The van der Waals surface area contributed by atoms with Gasteiger partial charge in [-0.1, -0.05) is 6.92 Å². The van der Waals surface area contributed by atoms with Crippen molar-refractivity contribution in [1.29, 1.82) is 0 Å². The summed E-state index contributed by atoms with van der Waals surface area (Å²) in [6.07, 6.45) is 8.02. The van der Waals surface area contributed by atoms with Crippen molar-refractivity contribution in [2.24, 2.45) is 0 Å². The van der Waals surface area contributed by atoms with Crippen LogP contribution in [0.3, 0.4) is 0 Å². The average molecular weight is 195 g/mol. The highest BCUT2D eigenvalue weighted by Gasteiger charge is 2.06. The SMILES string of the molecule is C#CCC(CC)NC(=O)/C=C/C(=O)O. The van der Waals surface area contributed by atoms with Gasteiger partial charge in [0.1, 0.15) is 0 Å². The van der Waals surface area contributed by atoms with Crippen LogP contribution in [0.1, 0.15) is 19.8 Å². The predicted molar refractivity (Wildman–Crippen MR) is 52.4 cm³/mol. The number of carbonyl (C=O) groups excluding carboxylic acids is 1. The van der Waals surface area contributed by atoms with Gasteiger partial charge < -0.3 is 10.4 Å². The van der Waals surface area contributed by atoms with Crippen LogP contribution in [-0.2, 0) is 9.59 Å². The third kappa shape index (κ3) is 5.84. The van der Waals surface area contributed by atoms with Gasteiger partial charge in [-0.15, -0.1) is 12.3 Å². The molecule has 0 aromatic carbocycles. The van der Waals surface area contributed by atoms with E-state index in [9.17, 15) is 9.59 Å². The maximum atomic E-state index is 11.1. The van der Waals surface area contributed by atoms with E-state index in [4.69, 9.17) is 11.5 Å². The number of amides is 1. The van der Waals surface area contributed by atoms with E-state index in [1.807, 2.05) is 6.92 Å². The van der Waals surface area contributed by atoms with Gasteiger partial charge in [0.05, 0.1) is 0 Å². The first kappa shape index (κ1) is 12.2. The Bertz CT molecular complexity index is 276. The van der Waals surface area contributed by atoms with Gasteiger partial charge in [0, 0.05) is 24.6 Å². The summed E-state index contributed by atoms with van der Waals surface area (Å²) in [7, 11) is 0. The van der Waals surface area contributed by atoms with Crippen molar-refractivity contribution in [2.75, 3.05) is 0 Å². The summed E-state index contributed by atoms with van der Waals surface area (Å²) in [4.78, 5) is 21.1. The van der Waals surface area contributed by atoms with E-state index >= 15 is 0 Å². The van der Waals surface area contributed by atoms with Gasteiger partial charge in [0.25, 0.3) is 0 Å². The van der Waals surface area contributed by atoms with E-state index in [1.54, 1.807) is 0 Å². The molecule has 4 heteroatoms. The number of hydrogen-bond acceptors (Lipinski definition) is 2. The molecule has 0 heterocycles. The summed E-state index contributed by atoms with van der Waals surface area (Å²) >= 11 is 0. The van der Waals surface area contributed by atoms with E-state index in [1.165, 1.54) is 0 Å². The Kier molecular flexibility index (Phi) is 5.88. The second-order valence-corrected chi connectivity index (χ2v) is 2.69. The molecular formula is C10H13NO3. The fourth-order valence-corrected chi connectivity index (χ4v) is 0.836. The Morgan fingerprint density at radius 2 is 2.21 bits per heavy atom. The molecule has 14 heavy (non-hydrogen) atoms. The zero-order valence-corrected chi connectivity index (χ0v) is 7.99. The quantitative estimate of drug-likeness (QED) is 0.497. The van der Waals surface area contributed by atoms with E-state index in [0.29, 0.717) is 6.42 Å². The minimum Gasteiger partial charge on any atom is -0.478 e. The van der Waals surface area contributed by atoms with Crippen LogP contribution in [0.25, 0.3) is 0 Å². The molecule has 0 aliphatic rings. The van der Waals surface area contributed by atoms with Crippen molar-refractivity contribution in [2.45, 2.75) is 25.8 Å². The molecule has 1 atom stereocenters. The lowest BCUT2D eigenvalue weighted by Crippen LogP contribution is -2.32. The normalized spacial score (nSPS) is 12.0. The molecule has 2 N–H and O–H groups in total. The van der Waals surface area contributed by atoms with E-state index in [2.05, 4.69) is 11.2 Å². The highest BCUT2D eigenvalue weighted by molar-refractivity contribution is 5.93. The first-order valence-corrected chi connectivity index (χ1v) is 4.25. The lowest BCUT2D eigenvalue weighted by atomic mass is 10.1. The largest absolute Gasteiger partial charge is 0.478 e. The monoisotopic (exact) mass is 195 g/mol. The number of rotatable bonds is 5. The molecule has 0 aromatic heterocycles. The number of hydrogen-bond donors (Lipinski definition) is 2. The Morgan fingerprint density at radius 1 is 1.57 bits per heavy atom. The van der Waals surface area contributed by atoms with Gasteiger partial charge in [-0.05, 0) is 6.42 Å². The maximum Gasteiger partial charge on any atom is 0.328 e. The van der Waals surface area contributed by atoms with Gasteiger partial charge in [0.15, 0.2) is 0 Å². The summed E-state index contributed by atoms with van der Waals surface area (Å²) in [6, 6.07) is -0.0917. The highest BCUT2D eigenvalue weighted by atomic mass is 16.4. The second kappa shape index (κ2) is 6.72. The molecule has 0 saturated carbocycles. The molecule has 1 unspecified atom stereocenters. The Morgan fingerprint density at radius 3 is 2.64 bits per heavy atom. The molecule has 4 nitrogen and oxygen atoms in total. The number of terminal acetylenes is 1. The van der Waals surface area contributed by atoms with Crippen molar-refractivity contribution >= 4 is 11.9 Å². The topological polar surface area (TPSA) is 66.4 Å². The molecular weight excluding hydrogens is 182 g/mol. The minimum absolute atomic E-state index is 0.0917. The summed E-state index contributed by atoms with van der Waals surface area (Å²) in [5.74, 6) is 0.850. The van der Waals surface area contributed by atoms with Crippen molar-refractivity contribution in [3.8, 4) is 12.3 Å². The number of carboxylic acid groups (broad SMARTS) is 1. The number of aliphatic carboxylic acids is 1. The van der Waals surface area contributed by atoms with Gasteiger partial charge >= 0.3 is 5.97 Å². The van der Waals surface area contributed by atoms with Crippen molar-refractivity contribution in [3.63, 3.8) is 0 Å². The second-order valence-electron chi connectivity index (χ2n) is 2.69. The van der Waals surface area contributed by atoms with Crippen LogP contribution in [0.15, 0.2) is 12.2 Å². The zero-order chi connectivity index (χ0) is 11.0. The van der Waals surface area contributed by atoms with Gasteiger partial charge in [-0.3, -0.25) is 4.79 Å². The summed E-state index contributed by atoms with van der Waals surface area (Å²) < 4.78 is 0. The summed E-state index contributed by atoms with van der Waals surface area (Å²) in [6.45, 7) is 1.89. The lowest BCUT2D eigenvalue weighted by molar-refractivity contribution is -0.131. The summed E-state index contributed by atoms with van der Waals surface area (Å²) in [5, 5.41) is 10.8. The van der Waals surface area contributed by atoms with Crippen LogP contribution in [0.4, 0.5) is 0 Å². The van der Waals surface area contributed by atoms with Crippen molar-refractivity contribution in [3.05, 3.63) is 12.2 Å². The van der Waals surface area contributed by atoms with E-state index in [-0.39, 0.29) is 6.04 Å². The molecule has 0 aromatic rings. The third-order valence-electron chi connectivity index (χ3n) is 1.58. The van der Waals surface area contributed by atoms with Gasteiger partial charge in [-0.25, -0.2) is 4.79 Å². The first-order valence-electron chi connectivity index (χ1n) is 4.25. The minimum atomic E-state index is -1.15. The third-order valence-corrected chi connectivity index (χ3v) is 1.58. The Labute approximate surface area is 83.0 Å². The fourth-order valence-electron chi connectivity index (χ4n) is 0.836. The molecule has 0 rings (SSSR count). The van der Waals surface area contributed by atoms with Crippen LogP contribution in [0.5, 0.6) is 0 Å². The molecule has 0 saturated heterocycles. The highest BCUT2D eigenvalue weighted by Crippen LogP contribution is 1.95. The Hall–Kier alpha value is -1.76. The lowest BCUT2D eigenvalue weighted by Gasteiger charge is -2.11. The van der Waals surface area contributed by atoms with E-state index < -0.39 is 11.9 Å². The van der Waals surface area contributed by atoms with Gasteiger partial charge in [0.2, 0.25) is 5.91 Å². The number of carboxylic acids is 1. The standard InChI is InChI=1S/C10H13NO3/c1-3-5-8(4-2)11-9(12)6-7-10(13)14/h1,6-8H,4-5H2,2H3,(H,11,12)(H,13,14)/b7-6+. The Balaban J connectivity index is 4.04. The molecule has 0 aliphatic carbocycles. The maximum absolute atomic E-state index is 11.1. The van der Waals surface area contributed by atoms with Crippen LogP contribution in [0.2, 0.25) is 0 Å².